The standard InChI is InChI=1S/C21H25.2CH3.Zr/c1-20(2,3)15-11-10-14-12-18-16(17(14)13-15)8-7-9-19(18)21(4,5)6;;;/h7-9,11,13H,12H2,1-6H3;2*1H3;. The van der Waals surface area contributed by atoms with Crippen LogP contribution in [0.2, 0.25) is 9.26 Å². The summed E-state index contributed by atoms with van der Waals surface area (Å²) in [6.07, 6.45) is 1.14. The van der Waals surface area contributed by atoms with E-state index in [9.17, 15) is 0 Å². The summed E-state index contributed by atoms with van der Waals surface area (Å²) in [4.78, 5) is 0. The van der Waals surface area contributed by atoms with Crippen molar-refractivity contribution in [3.05, 3.63) is 52.6 Å². The summed E-state index contributed by atoms with van der Waals surface area (Å²) >= 11 is -1.46. The molecule has 1 aliphatic carbocycles. The monoisotopic (exact) mass is 397 g/mol. The van der Waals surface area contributed by atoms with Gasteiger partial charge in [-0.25, -0.2) is 0 Å². The van der Waals surface area contributed by atoms with E-state index in [1.54, 1.807) is 14.4 Å². The summed E-state index contributed by atoms with van der Waals surface area (Å²) in [5.74, 6) is 0. The van der Waals surface area contributed by atoms with Crippen molar-refractivity contribution >= 4 is 3.27 Å². The Kier molecular flexibility index (Phi) is 4.49. The minimum absolute atomic E-state index is 0.209. The van der Waals surface area contributed by atoms with Crippen LogP contribution in [0.4, 0.5) is 0 Å². The normalized spacial score (nSPS) is 13.7. The summed E-state index contributed by atoms with van der Waals surface area (Å²) in [7, 11) is 0. The van der Waals surface area contributed by atoms with E-state index < -0.39 is 21.8 Å². The molecule has 0 heterocycles. The van der Waals surface area contributed by atoms with Crippen molar-refractivity contribution in [1.82, 2.24) is 0 Å². The third-order valence-corrected chi connectivity index (χ3v) is 9.03. The van der Waals surface area contributed by atoms with Crippen LogP contribution in [0.5, 0.6) is 0 Å². The van der Waals surface area contributed by atoms with Gasteiger partial charge >= 0.3 is 157 Å². The molecule has 127 valence electrons. The average Bonchev–Trinajstić information content (AvgIpc) is 2.82. The van der Waals surface area contributed by atoms with E-state index in [2.05, 4.69) is 81.1 Å². The second kappa shape index (κ2) is 5.94. The fourth-order valence-corrected chi connectivity index (χ4v) is 7.01. The van der Waals surface area contributed by atoms with Gasteiger partial charge in [-0.1, -0.05) is 0 Å². The SMILES string of the molecule is [CH3][Zr]([CH3])[c]1cc(C(C)(C)C)cc2c1Cc1c-2cccc1C(C)(C)C. The molecule has 3 rings (SSSR count). The molecular formula is C23H31Zr. The molecule has 0 saturated carbocycles. The van der Waals surface area contributed by atoms with Crippen LogP contribution in [0.1, 0.15) is 63.8 Å². The Hall–Kier alpha value is -0.677. The molecule has 1 heteroatoms. The first kappa shape index (κ1) is 18.1. The van der Waals surface area contributed by atoms with Crippen molar-refractivity contribution in [2.45, 2.75) is 68.1 Å². The van der Waals surface area contributed by atoms with Gasteiger partial charge in [0.1, 0.15) is 0 Å². The molecule has 24 heavy (non-hydrogen) atoms. The molecule has 0 radical (unpaired) electrons. The molecule has 0 bridgehead atoms. The zero-order valence-corrected chi connectivity index (χ0v) is 19.1. The Bertz CT molecular complexity index is 783. The van der Waals surface area contributed by atoms with Gasteiger partial charge in [0.05, 0.1) is 0 Å². The predicted molar refractivity (Wildman–Crippen MR) is 103 cm³/mol. The second-order valence-electron chi connectivity index (χ2n) is 9.56. The zero-order valence-electron chi connectivity index (χ0n) is 16.6. The van der Waals surface area contributed by atoms with Crippen LogP contribution in [-0.2, 0) is 39.0 Å². The van der Waals surface area contributed by atoms with Gasteiger partial charge in [-0.15, -0.1) is 0 Å². The molecule has 0 fully saturated rings. The number of benzene rings is 2. The van der Waals surface area contributed by atoms with Gasteiger partial charge in [-0.2, -0.15) is 0 Å². The quantitative estimate of drug-likeness (QED) is 0.458. The topological polar surface area (TPSA) is 0 Å². The van der Waals surface area contributed by atoms with Crippen molar-refractivity contribution in [3.63, 3.8) is 0 Å². The van der Waals surface area contributed by atoms with Crippen molar-refractivity contribution in [2.24, 2.45) is 0 Å². The Morgan fingerprint density at radius 3 is 2.00 bits per heavy atom. The molecule has 0 nitrogen and oxygen atoms in total. The summed E-state index contributed by atoms with van der Waals surface area (Å²) < 4.78 is 6.78. The van der Waals surface area contributed by atoms with Crippen LogP contribution >= 0.6 is 0 Å². The molecular weight excluding hydrogens is 367 g/mol. The molecule has 0 aliphatic heterocycles. The van der Waals surface area contributed by atoms with E-state index in [1.807, 2.05) is 0 Å². The number of hydrogen-bond donors (Lipinski definition) is 0. The Morgan fingerprint density at radius 2 is 1.46 bits per heavy atom. The van der Waals surface area contributed by atoms with Gasteiger partial charge < -0.3 is 0 Å². The van der Waals surface area contributed by atoms with Crippen LogP contribution in [0.15, 0.2) is 30.3 Å². The number of hydrogen-bond acceptors (Lipinski definition) is 0. The molecule has 2 aromatic rings. The molecule has 0 aromatic heterocycles. The second-order valence-corrected chi connectivity index (χ2v) is 15.8. The van der Waals surface area contributed by atoms with E-state index in [4.69, 9.17) is 0 Å². The van der Waals surface area contributed by atoms with Crippen LogP contribution in [-0.4, -0.2) is 0 Å². The minimum atomic E-state index is -1.46. The van der Waals surface area contributed by atoms with Gasteiger partial charge in [0.15, 0.2) is 0 Å². The van der Waals surface area contributed by atoms with Crippen LogP contribution < -0.4 is 3.27 Å². The molecule has 0 saturated heterocycles. The van der Waals surface area contributed by atoms with Gasteiger partial charge in [0.2, 0.25) is 0 Å². The first-order valence-corrected chi connectivity index (χ1v) is 15.3. The predicted octanol–water partition coefficient (Wildman–Crippen LogP) is 6.19. The van der Waals surface area contributed by atoms with Crippen molar-refractivity contribution in [1.29, 1.82) is 0 Å². The van der Waals surface area contributed by atoms with E-state index >= 15 is 0 Å². The first-order chi connectivity index (χ1) is 11.0. The summed E-state index contributed by atoms with van der Waals surface area (Å²) in [5, 5.41) is 0. The molecule has 0 amide bonds. The molecule has 0 N–H and O–H groups in total. The van der Waals surface area contributed by atoms with E-state index in [-0.39, 0.29) is 10.8 Å². The Balaban J connectivity index is 2.29. The van der Waals surface area contributed by atoms with E-state index in [1.165, 1.54) is 22.3 Å². The fraction of sp³-hybridized carbons (Fsp3) is 0.478. The third-order valence-electron chi connectivity index (χ3n) is 5.28. The first-order valence-electron chi connectivity index (χ1n) is 9.11. The van der Waals surface area contributed by atoms with E-state index in [0.29, 0.717) is 0 Å². The molecule has 1 aliphatic rings. The van der Waals surface area contributed by atoms with Gasteiger partial charge in [0, 0.05) is 0 Å². The fourth-order valence-electron chi connectivity index (χ4n) is 3.89. The van der Waals surface area contributed by atoms with Crippen molar-refractivity contribution in [3.8, 4) is 11.1 Å². The maximum atomic E-state index is 2.55. The third kappa shape index (κ3) is 3.10. The van der Waals surface area contributed by atoms with Crippen molar-refractivity contribution in [2.75, 3.05) is 0 Å². The van der Waals surface area contributed by atoms with Gasteiger partial charge in [0.25, 0.3) is 0 Å². The molecule has 2 aromatic carbocycles. The summed E-state index contributed by atoms with van der Waals surface area (Å²) in [6, 6.07) is 12.0. The summed E-state index contributed by atoms with van der Waals surface area (Å²) in [6.45, 7) is 14.0. The zero-order chi connectivity index (χ0) is 17.9. The van der Waals surface area contributed by atoms with Crippen LogP contribution in [0.3, 0.4) is 0 Å². The molecule has 0 atom stereocenters. The molecule has 0 spiro atoms. The molecule has 0 unspecified atom stereocenters. The summed E-state index contributed by atoms with van der Waals surface area (Å²) in [5.41, 5.74) is 9.71. The average molecular weight is 399 g/mol. The Labute approximate surface area is 156 Å². The van der Waals surface area contributed by atoms with Gasteiger partial charge in [-0.3, -0.25) is 0 Å². The van der Waals surface area contributed by atoms with E-state index in [0.717, 1.165) is 6.42 Å². The number of fused-ring (bicyclic) bond motifs is 3. The van der Waals surface area contributed by atoms with Crippen LogP contribution in [0.25, 0.3) is 11.1 Å². The van der Waals surface area contributed by atoms with Crippen LogP contribution in [0, 0.1) is 0 Å². The Morgan fingerprint density at radius 1 is 0.792 bits per heavy atom. The van der Waals surface area contributed by atoms with Crippen molar-refractivity contribution < 1.29 is 21.8 Å². The number of rotatable bonds is 1. The maximum absolute atomic E-state index is 2.55. The van der Waals surface area contributed by atoms with Gasteiger partial charge in [-0.05, 0) is 0 Å².